The Balaban J connectivity index is 1.80. The summed E-state index contributed by atoms with van der Waals surface area (Å²) in [4.78, 5) is 12.0. The predicted molar refractivity (Wildman–Crippen MR) is 93.3 cm³/mol. The average molecular weight is 332 g/mol. The van der Waals surface area contributed by atoms with Gasteiger partial charge in [0.25, 0.3) is 0 Å². The van der Waals surface area contributed by atoms with Crippen LogP contribution in [-0.4, -0.2) is 27.7 Å². The van der Waals surface area contributed by atoms with E-state index in [-0.39, 0.29) is 28.6 Å². The summed E-state index contributed by atoms with van der Waals surface area (Å²) in [7, 11) is 0. The highest BCUT2D eigenvalue weighted by Gasteiger charge is 2.66. The summed E-state index contributed by atoms with van der Waals surface area (Å²) in [6.07, 6.45) is 6.57. The molecule has 0 amide bonds. The fourth-order valence-electron chi connectivity index (χ4n) is 7.23. The Bertz CT molecular complexity index is 606. The molecular weight excluding hydrogens is 300 g/mol. The molecule has 0 bridgehead atoms. The molecule has 4 aliphatic rings. The number of aliphatic hydroxyl groups is 2. The van der Waals surface area contributed by atoms with Gasteiger partial charge < -0.3 is 10.2 Å². The first-order chi connectivity index (χ1) is 11.1. The molecule has 3 heteroatoms. The van der Waals surface area contributed by atoms with Crippen molar-refractivity contribution in [2.45, 2.75) is 77.9 Å². The molecule has 3 nitrogen and oxygen atoms in total. The van der Waals surface area contributed by atoms with E-state index < -0.39 is 5.60 Å². The summed E-state index contributed by atoms with van der Waals surface area (Å²) < 4.78 is 0. The molecule has 8 unspecified atom stereocenters. The van der Waals surface area contributed by atoms with Crippen molar-refractivity contribution in [2.24, 2.45) is 34.5 Å². The summed E-state index contributed by atoms with van der Waals surface area (Å²) in [6.45, 7) is 8.76. The molecule has 134 valence electrons. The third kappa shape index (κ3) is 1.94. The van der Waals surface area contributed by atoms with Crippen LogP contribution in [0.5, 0.6) is 0 Å². The van der Waals surface area contributed by atoms with E-state index in [1.807, 2.05) is 13.0 Å². The fourth-order valence-corrected chi connectivity index (χ4v) is 7.23. The van der Waals surface area contributed by atoms with Gasteiger partial charge in [-0.05, 0) is 74.2 Å². The molecule has 0 heterocycles. The number of ketones is 1. The second kappa shape index (κ2) is 4.94. The minimum Gasteiger partial charge on any atom is -0.393 e. The van der Waals surface area contributed by atoms with E-state index in [9.17, 15) is 15.0 Å². The third-order valence-electron chi connectivity index (χ3n) is 8.81. The molecule has 0 aromatic heterocycles. The summed E-state index contributed by atoms with van der Waals surface area (Å²) in [5.41, 5.74) is 0.368. The summed E-state index contributed by atoms with van der Waals surface area (Å²) in [5.74, 6) is 1.88. The molecule has 0 radical (unpaired) electrons. The summed E-state index contributed by atoms with van der Waals surface area (Å²) in [5, 5.41) is 22.2. The van der Waals surface area contributed by atoms with Gasteiger partial charge in [-0.15, -0.1) is 0 Å². The first kappa shape index (κ1) is 16.8. The van der Waals surface area contributed by atoms with Crippen LogP contribution in [0.15, 0.2) is 11.6 Å². The Morgan fingerprint density at radius 2 is 1.92 bits per heavy atom. The molecular formula is C21H32O3. The molecule has 0 spiro atoms. The van der Waals surface area contributed by atoms with Gasteiger partial charge in [0.1, 0.15) is 0 Å². The first-order valence-corrected chi connectivity index (χ1v) is 9.74. The van der Waals surface area contributed by atoms with Crippen molar-refractivity contribution in [2.75, 3.05) is 0 Å². The topological polar surface area (TPSA) is 57.5 Å². The van der Waals surface area contributed by atoms with E-state index >= 15 is 0 Å². The lowest BCUT2D eigenvalue weighted by Gasteiger charge is -2.62. The Labute approximate surface area is 145 Å². The van der Waals surface area contributed by atoms with Crippen LogP contribution in [0.4, 0.5) is 0 Å². The van der Waals surface area contributed by atoms with Crippen molar-refractivity contribution < 1.29 is 15.0 Å². The van der Waals surface area contributed by atoms with Crippen molar-refractivity contribution >= 4 is 5.78 Å². The minimum absolute atomic E-state index is 0.0414. The number of carbonyl (C=O) groups is 1. The Hall–Kier alpha value is -0.670. The van der Waals surface area contributed by atoms with Crippen LogP contribution in [-0.2, 0) is 4.79 Å². The largest absolute Gasteiger partial charge is 0.393 e. The van der Waals surface area contributed by atoms with Gasteiger partial charge in [0.15, 0.2) is 5.78 Å². The molecule has 3 saturated carbocycles. The average Bonchev–Trinajstić information content (AvgIpc) is 2.71. The van der Waals surface area contributed by atoms with Crippen LogP contribution >= 0.6 is 0 Å². The van der Waals surface area contributed by atoms with E-state index in [1.54, 1.807) is 0 Å². The molecule has 24 heavy (non-hydrogen) atoms. The summed E-state index contributed by atoms with van der Waals surface area (Å²) in [6, 6.07) is 0. The number of hydrogen-bond donors (Lipinski definition) is 2. The zero-order chi connectivity index (χ0) is 17.5. The smallest absolute Gasteiger partial charge is 0.155 e. The molecule has 0 aromatic carbocycles. The van der Waals surface area contributed by atoms with Crippen LogP contribution in [0.25, 0.3) is 0 Å². The summed E-state index contributed by atoms with van der Waals surface area (Å²) >= 11 is 0. The van der Waals surface area contributed by atoms with Gasteiger partial charge >= 0.3 is 0 Å². The first-order valence-electron chi connectivity index (χ1n) is 9.74. The molecule has 0 aliphatic heterocycles. The highest BCUT2D eigenvalue weighted by molar-refractivity contribution is 5.91. The monoisotopic (exact) mass is 332 g/mol. The van der Waals surface area contributed by atoms with E-state index in [0.29, 0.717) is 30.6 Å². The van der Waals surface area contributed by atoms with E-state index in [2.05, 4.69) is 20.8 Å². The quantitative estimate of drug-likeness (QED) is 0.714. The second-order valence-corrected chi connectivity index (χ2v) is 9.95. The maximum atomic E-state index is 12.0. The number of aliphatic hydroxyl groups excluding tert-OH is 1. The predicted octanol–water partition coefficient (Wildman–Crippen LogP) is 3.49. The molecule has 0 saturated heterocycles. The normalized spacial score (nSPS) is 57.0. The van der Waals surface area contributed by atoms with E-state index in [1.165, 1.54) is 5.57 Å². The third-order valence-corrected chi connectivity index (χ3v) is 8.81. The Kier molecular flexibility index (Phi) is 3.46. The Morgan fingerprint density at radius 3 is 2.62 bits per heavy atom. The lowest BCUT2D eigenvalue weighted by molar-refractivity contribution is -0.176. The van der Waals surface area contributed by atoms with Crippen LogP contribution in [0, 0.1) is 34.5 Å². The second-order valence-electron chi connectivity index (χ2n) is 9.95. The van der Waals surface area contributed by atoms with E-state index in [0.717, 1.165) is 25.7 Å². The van der Waals surface area contributed by atoms with Gasteiger partial charge in [-0.3, -0.25) is 4.79 Å². The number of rotatable bonds is 0. The molecule has 2 N–H and O–H groups in total. The number of hydrogen-bond acceptors (Lipinski definition) is 3. The van der Waals surface area contributed by atoms with Crippen molar-refractivity contribution in [3.63, 3.8) is 0 Å². The zero-order valence-corrected chi connectivity index (χ0v) is 15.5. The molecule has 4 aliphatic carbocycles. The maximum Gasteiger partial charge on any atom is 0.155 e. The minimum atomic E-state index is -0.678. The highest BCUT2D eigenvalue weighted by Crippen LogP contribution is 2.68. The Morgan fingerprint density at radius 1 is 1.21 bits per heavy atom. The molecule has 4 rings (SSSR count). The fraction of sp³-hybridized carbons (Fsp3) is 0.857. The lowest BCUT2D eigenvalue weighted by Crippen LogP contribution is -2.61. The number of fused-ring (bicyclic) bond motifs is 5. The van der Waals surface area contributed by atoms with Gasteiger partial charge in [0.2, 0.25) is 0 Å². The van der Waals surface area contributed by atoms with Gasteiger partial charge in [-0.1, -0.05) is 26.3 Å². The van der Waals surface area contributed by atoms with Crippen LogP contribution < -0.4 is 0 Å². The van der Waals surface area contributed by atoms with Crippen LogP contribution in [0.2, 0.25) is 0 Å². The van der Waals surface area contributed by atoms with Crippen molar-refractivity contribution in [1.82, 2.24) is 0 Å². The van der Waals surface area contributed by atoms with Crippen molar-refractivity contribution in [3.8, 4) is 0 Å². The maximum absolute atomic E-state index is 12.0. The van der Waals surface area contributed by atoms with Gasteiger partial charge in [-0.25, -0.2) is 0 Å². The van der Waals surface area contributed by atoms with Gasteiger partial charge in [-0.2, -0.15) is 0 Å². The number of allylic oxidation sites excluding steroid dienone is 1. The van der Waals surface area contributed by atoms with Crippen LogP contribution in [0.1, 0.15) is 66.2 Å². The van der Waals surface area contributed by atoms with Gasteiger partial charge in [0, 0.05) is 11.8 Å². The zero-order valence-electron chi connectivity index (χ0n) is 15.5. The van der Waals surface area contributed by atoms with Crippen molar-refractivity contribution in [1.29, 1.82) is 0 Å². The number of carbonyl (C=O) groups excluding carboxylic acids is 1. The molecule has 0 aromatic rings. The SMILES string of the molecule is CC1CC2=CC(=O)CCC2(C)C2C(O)CC3(C)C(CCC3(C)O)C12. The van der Waals surface area contributed by atoms with Crippen molar-refractivity contribution in [3.05, 3.63) is 11.6 Å². The lowest BCUT2D eigenvalue weighted by atomic mass is 9.43. The van der Waals surface area contributed by atoms with Gasteiger partial charge in [0.05, 0.1) is 11.7 Å². The molecule has 8 atom stereocenters. The highest BCUT2D eigenvalue weighted by atomic mass is 16.3. The standard InChI is InChI=1S/C21H32O3/c1-12-9-13-10-14(22)5-7-19(13,2)18-16(23)11-20(3)15(17(12)18)6-8-21(20,4)24/h10,12,15-18,23-24H,5-9,11H2,1-4H3. The molecule has 3 fully saturated rings. The van der Waals surface area contributed by atoms with E-state index in [4.69, 9.17) is 0 Å². The van der Waals surface area contributed by atoms with Crippen LogP contribution in [0.3, 0.4) is 0 Å².